The maximum absolute atomic E-state index is 13.8. The van der Waals surface area contributed by atoms with E-state index < -0.39 is 5.41 Å². The van der Waals surface area contributed by atoms with Crippen LogP contribution in [0.5, 0.6) is 0 Å². The number of piperidine rings is 1. The first-order chi connectivity index (χ1) is 14.3. The zero-order valence-electron chi connectivity index (χ0n) is 17.5. The normalized spacial score (nSPS) is 25.2. The first-order valence-corrected chi connectivity index (χ1v) is 11.2. The summed E-state index contributed by atoms with van der Waals surface area (Å²) in [5, 5.41) is 11.5. The molecule has 2 aromatic rings. The first kappa shape index (κ1) is 22.9. The van der Waals surface area contributed by atoms with E-state index in [1.165, 1.54) is 0 Å². The fraction of sp³-hybridized carbons (Fsp3) is 0.400. The molecule has 4 atom stereocenters. The molecule has 160 valence electrons. The number of benzene rings is 2. The van der Waals surface area contributed by atoms with Gasteiger partial charge >= 0.3 is 0 Å². The lowest BCUT2D eigenvalue weighted by atomic mass is 9.67. The van der Waals surface area contributed by atoms with Crippen molar-refractivity contribution in [2.45, 2.75) is 51.1 Å². The molecule has 30 heavy (non-hydrogen) atoms. The molecule has 0 bridgehead atoms. The molecule has 0 spiro atoms. The Morgan fingerprint density at radius 2 is 1.90 bits per heavy atom. The van der Waals surface area contributed by atoms with Crippen molar-refractivity contribution < 1.29 is 9.90 Å². The molecular weight excluding hydrogens is 417 g/mol. The molecule has 1 heterocycles. The highest BCUT2D eigenvalue weighted by molar-refractivity contribution is 6.30. The van der Waals surface area contributed by atoms with Gasteiger partial charge in [-0.3, -0.25) is 4.79 Å². The van der Waals surface area contributed by atoms with Crippen molar-refractivity contribution in [2.75, 3.05) is 6.61 Å². The second-order valence-corrected chi connectivity index (χ2v) is 9.25. The van der Waals surface area contributed by atoms with E-state index in [0.29, 0.717) is 29.3 Å². The van der Waals surface area contributed by atoms with Crippen LogP contribution in [-0.2, 0) is 4.79 Å². The van der Waals surface area contributed by atoms with E-state index >= 15 is 0 Å². The Bertz CT molecular complexity index is 894. The summed E-state index contributed by atoms with van der Waals surface area (Å²) in [6, 6.07) is 15.0. The van der Waals surface area contributed by atoms with E-state index in [1.54, 1.807) is 0 Å². The summed E-state index contributed by atoms with van der Waals surface area (Å²) < 4.78 is 0. The fourth-order valence-electron chi connectivity index (χ4n) is 4.70. The van der Waals surface area contributed by atoms with Gasteiger partial charge in [-0.15, -0.1) is 6.58 Å². The minimum absolute atomic E-state index is 0.0214. The van der Waals surface area contributed by atoms with E-state index in [0.717, 1.165) is 11.1 Å². The van der Waals surface area contributed by atoms with Gasteiger partial charge in [0.05, 0.1) is 24.1 Å². The largest absolute Gasteiger partial charge is 0.394 e. The Labute approximate surface area is 189 Å². The molecule has 1 fully saturated rings. The van der Waals surface area contributed by atoms with Crippen molar-refractivity contribution in [3.8, 4) is 0 Å². The van der Waals surface area contributed by atoms with Crippen LogP contribution in [0, 0.1) is 5.41 Å². The lowest BCUT2D eigenvalue weighted by molar-refractivity contribution is -0.156. The van der Waals surface area contributed by atoms with Gasteiger partial charge in [0.15, 0.2) is 0 Å². The van der Waals surface area contributed by atoms with E-state index in [-0.39, 0.29) is 30.5 Å². The van der Waals surface area contributed by atoms with Crippen molar-refractivity contribution in [1.29, 1.82) is 0 Å². The van der Waals surface area contributed by atoms with Crippen LogP contribution < -0.4 is 0 Å². The van der Waals surface area contributed by atoms with Crippen LogP contribution in [0.25, 0.3) is 0 Å². The smallest absolute Gasteiger partial charge is 0.229 e. The van der Waals surface area contributed by atoms with Gasteiger partial charge in [0.1, 0.15) is 0 Å². The minimum atomic E-state index is -0.597. The molecule has 1 N–H and O–H groups in total. The van der Waals surface area contributed by atoms with Gasteiger partial charge in [0.25, 0.3) is 0 Å². The Morgan fingerprint density at radius 3 is 2.47 bits per heavy atom. The molecular formula is C25H29Cl2NO2. The van der Waals surface area contributed by atoms with Gasteiger partial charge in [-0.2, -0.15) is 0 Å². The lowest BCUT2D eigenvalue weighted by Crippen LogP contribution is -2.56. The second kappa shape index (κ2) is 9.55. The number of amides is 1. The first-order valence-electron chi connectivity index (χ1n) is 10.4. The average Bonchev–Trinajstić information content (AvgIpc) is 2.73. The number of hydrogen-bond donors (Lipinski definition) is 1. The Kier molecular flexibility index (Phi) is 7.28. The molecule has 0 radical (unpaired) electrons. The van der Waals surface area contributed by atoms with Crippen LogP contribution >= 0.6 is 23.2 Å². The Morgan fingerprint density at radius 1 is 1.20 bits per heavy atom. The van der Waals surface area contributed by atoms with Crippen molar-refractivity contribution >= 4 is 29.1 Å². The lowest BCUT2D eigenvalue weighted by Gasteiger charge is -2.51. The molecule has 1 amide bonds. The summed E-state index contributed by atoms with van der Waals surface area (Å²) in [7, 11) is 0. The summed E-state index contributed by atoms with van der Waals surface area (Å²) >= 11 is 12.5. The van der Waals surface area contributed by atoms with E-state index in [2.05, 4.69) is 12.6 Å². The summed E-state index contributed by atoms with van der Waals surface area (Å²) in [6.45, 7) is 7.81. The number of hydrogen-bond acceptors (Lipinski definition) is 2. The number of aliphatic hydroxyl groups is 1. The molecule has 0 aromatic heterocycles. The number of halogens is 2. The average molecular weight is 446 g/mol. The van der Waals surface area contributed by atoms with Gasteiger partial charge in [0.2, 0.25) is 5.91 Å². The SMILES string of the molecule is C=CCC1(C)CC(c2cccc(Cl)c2)C(c2ccc(Cl)cc2)N(C(CC)CO)C1=O. The van der Waals surface area contributed by atoms with Crippen LogP contribution in [0.1, 0.15) is 56.2 Å². The zero-order chi connectivity index (χ0) is 21.9. The third-order valence-corrected chi connectivity index (χ3v) is 6.75. The number of carbonyl (C=O) groups excluding carboxylic acids is 1. The van der Waals surface area contributed by atoms with Crippen LogP contribution in [0.3, 0.4) is 0 Å². The van der Waals surface area contributed by atoms with Crippen molar-refractivity contribution in [3.63, 3.8) is 0 Å². The highest BCUT2D eigenvalue weighted by atomic mass is 35.5. The van der Waals surface area contributed by atoms with Gasteiger partial charge in [-0.25, -0.2) is 0 Å². The second-order valence-electron chi connectivity index (χ2n) is 8.37. The summed E-state index contributed by atoms with van der Waals surface area (Å²) in [5.41, 5.74) is 1.49. The highest BCUT2D eigenvalue weighted by Gasteiger charge is 2.50. The molecule has 5 heteroatoms. The number of carbonyl (C=O) groups is 1. The third-order valence-electron chi connectivity index (χ3n) is 6.26. The van der Waals surface area contributed by atoms with Gasteiger partial charge in [0, 0.05) is 16.0 Å². The molecule has 0 saturated carbocycles. The number of aliphatic hydroxyl groups excluding tert-OH is 1. The maximum atomic E-state index is 13.8. The van der Waals surface area contributed by atoms with Gasteiger partial charge in [-0.05, 0) is 54.7 Å². The van der Waals surface area contributed by atoms with E-state index in [1.807, 2.05) is 67.3 Å². The number of nitrogens with zero attached hydrogens (tertiary/aromatic N) is 1. The molecule has 1 aliphatic heterocycles. The standard InChI is InChI=1S/C25H29Cl2NO2/c1-4-13-25(3)15-22(18-7-6-8-20(27)14-18)23(17-9-11-19(26)12-10-17)28(24(25)30)21(5-2)16-29/h4,6-12,14,21-23,29H,1,5,13,15-16H2,2-3H3. The molecule has 3 nitrogen and oxygen atoms in total. The highest BCUT2D eigenvalue weighted by Crippen LogP contribution is 2.52. The fourth-order valence-corrected chi connectivity index (χ4v) is 5.03. The van der Waals surface area contributed by atoms with Crippen LogP contribution in [0.2, 0.25) is 10.0 Å². The molecule has 2 aromatic carbocycles. The molecule has 1 aliphatic rings. The summed E-state index contributed by atoms with van der Waals surface area (Å²) in [4.78, 5) is 15.7. The predicted molar refractivity (Wildman–Crippen MR) is 124 cm³/mol. The third kappa shape index (κ3) is 4.44. The summed E-state index contributed by atoms with van der Waals surface area (Å²) in [5.74, 6) is 0.0784. The summed E-state index contributed by atoms with van der Waals surface area (Å²) in [6.07, 6.45) is 3.73. The molecule has 4 unspecified atom stereocenters. The zero-order valence-corrected chi connectivity index (χ0v) is 19.0. The van der Waals surface area contributed by atoms with Crippen LogP contribution in [0.15, 0.2) is 61.2 Å². The van der Waals surface area contributed by atoms with E-state index in [4.69, 9.17) is 23.2 Å². The van der Waals surface area contributed by atoms with Crippen LogP contribution in [-0.4, -0.2) is 28.6 Å². The molecule has 1 saturated heterocycles. The van der Waals surface area contributed by atoms with Crippen LogP contribution in [0.4, 0.5) is 0 Å². The maximum Gasteiger partial charge on any atom is 0.229 e. The quantitative estimate of drug-likeness (QED) is 0.500. The minimum Gasteiger partial charge on any atom is -0.394 e. The number of likely N-dealkylation sites (tertiary alicyclic amines) is 1. The van der Waals surface area contributed by atoms with E-state index in [9.17, 15) is 9.90 Å². The van der Waals surface area contributed by atoms with Crippen molar-refractivity contribution in [1.82, 2.24) is 4.90 Å². The molecule has 3 rings (SSSR count). The van der Waals surface area contributed by atoms with Gasteiger partial charge < -0.3 is 10.0 Å². The van der Waals surface area contributed by atoms with Crippen molar-refractivity contribution in [2.24, 2.45) is 5.41 Å². The Hall–Kier alpha value is -1.81. The van der Waals surface area contributed by atoms with Crippen molar-refractivity contribution in [3.05, 3.63) is 82.4 Å². The number of rotatable bonds is 7. The molecule has 0 aliphatic carbocycles. The van der Waals surface area contributed by atoms with Gasteiger partial charge in [-0.1, -0.05) is 67.4 Å². The predicted octanol–water partition coefficient (Wildman–Crippen LogP) is 6.40. The number of allylic oxidation sites excluding steroid dienone is 1. The topological polar surface area (TPSA) is 40.5 Å². The Balaban J connectivity index is 2.22. The monoisotopic (exact) mass is 445 g/mol.